The third-order valence-electron chi connectivity index (χ3n) is 1.06. The van der Waals surface area contributed by atoms with Crippen LogP contribution in [0.4, 0.5) is 13.2 Å². The molecule has 0 atom stereocenters. The van der Waals surface area contributed by atoms with E-state index < -0.39 is 23.7 Å². The molecule has 1 rings (SSSR count). The zero-order valence-corrected chi connectivity index (χ0v) is 5.26. The van der Waals surface area contributed by atoms with Gasteiger partial charge in [-0.15, -0.1) is 0 Å². The second-order valence-corrected chi connectivity index (χ2v) is 1.86. The molecule has 0 spiro atoms. The van der Waals surface area contributed by atoms with E-state index in [4.69, 9.17) is 5.11 Å². The van der Waals surface area contributed by atoms with Gasteiger partial charge in [0.2, 0.25) is 0 Å². The van der Waals surface area contributed by atoms with Gasteiger partial charge in [0.15, 0.2) is 5.82 Å². The van der Waals surface area contributed by atoms with Gasteiger partial charge < -0.3 is 5.11 Å². The Bertz CT molecular complexity index is 264. The molecule has 60 valence electrons. The fourth-order valence-corrected chi connectivity index (χ4v) is 0.599. The van der Waals surface area contributed by atoms with Crippen LogP contribution >= 0.6 is 0 Å². The minimum Gasteiger partial charge on any atom is -0.506 e. The Morgan fingerprint density at radius 2 is 2.09 bits per heavy atom. The minimum absolute atomic E-state index is 0.466. The largest absolute Gasteiger partial charge is 0.506 e. The molecule has 0 unspecified atom stereocenters. The highest BCUT2D eigenvalue weighted by Gasteiger charge is 2.14. The molecule has 0 aliphatic rings. The predicted octanol–water partition coefficient (Wildman–Crippen LogP) is 1.86. The van der Waals surface area contributed by atoms with Gasteiger partial charge in [0.1, 0.15) is 11.4 Å². The Hall–Kier alpha value is -1.26. The van der Waals surface area contributed by atoms with Crippen LogP contribution in [0.2, 0.25) is 0 Å². The predicted molar refractivity (Wildman–Crippen MR) is 30.8 cm³/mol. The van der Waals surface area contributed by atoms with Crippen LogP contribution in [0.25, 0.3) is 0 Å². The van der Waals surface area contributed by atoms with Gasteiger partial charge in [0.05, 0.1) is 6.20 Å². The lowest BCUT2D eigenvalue weighted by Crippen LogP contribution is -1.93. The maximum atomic E-state index is 12.4. The molecule has 0 bridgehead atoms. The average Bonchev–Trinajstić information content (AvgIpc) is 1.85. The molecule has 0 aromatic carbocycles. The number of hydrogen-bond acceptors (Lipinski definition) is 2. The normalized spacial score (nSPS) is 10.5. The lowest BCUT2D eigenvalue weighted by atomic mass is 10.3. The summed E-state index contributed by atoms with van der Waals surface area (Å²) in [6, 6.07) is 0.592. The van der Waals surface area contributed by atoms with Gasteiger partial charge in [-0.25, -0.2) is 18.2 Å². The summed E-state index contributed by atoms with van der Waals surface area (Å²) in [5.41, 5.74) is -0.942. The molecular weight excluding hydrogens is 159 g/mol. The third kappa shape index (κ3) is 1.60. The van der Waals surface area contributed by atoms with Gasteiger partial charge in [-0.1, -0.05) is 0 Å². The lowest BCUT2D eigenvalue weighted by molar-refractivity contribution is 0.140. The summed E-state index contributed by atoms with van der Waals surface area (Å²) >= 11 is 0. The fraction of sp³-hybridized carbons (Fsp3) is 0.167. The number of nitrogens with zero attached hydrogens (tertiary/aromatic N) is 1. The van der Waals surface area contributed by atoms with Gasteiger partial charge in [-0.05, 0) is 0 Å². The first-order valence-corrected chi connectivity index (χ1v) is 2.74. The molecule has 0 saturated carbocycles. The first kappa shape index (κ1) is 7.84. The van der Waals surface area contributed by atoms with Crippen LogP contribution in [0.3, 0.4) is 0 Å². The smallest absolute Gasteiger partial charge is 0.283 e. The van der Waals surface area contributed by atoms with E-state index in [-0.39, 0.29) is 0 Å². The molecule has 1 aromatic rings. The zero-order valence-electron chi connectivity index (χ0n) is 5.26. The summed E-state index contributed by atoms with van der Waals surface area (Å²) in [6.07, 6.45) is -2.18. The van der Waals surface area contributed by atoms with Crippen molar-refractivity contribution < 1.29 is 18.3 Å². The Labute approximate surface area is 60.3 Å². The molecule has 1 heterocycles. The van der Waals surface area contributed by atoms with E-state index in [1.165, 1.54) is 0 Å². The highest BCUT2D eigenvalue weighted by atomic mass is 19.3. The molecule has 0 aliphatic carbocycles. The van der Waals surface area contributed by atoms with Crippen LogP contribution in [0.5, 0.6) is 5.75 Å². The molecule has 0 saturated heterocycles. The monoisotopic (exact) mass is 163 g/mol. The van der Waals surface area contributed by atoms with Crippen LogP contribution in [-0.4, -0.2) is 10.1 Å². The van der Waals surface area contributed by atoms with Crippen molar-refractivity contribution in [3.05, 3.63) is 23.8 Å². The second kappa shape index (κ2) is 2.77. The van der Waals surface area contributed by atoms with Crippen molar-refractivity contribution in [1.29, 1.82) is 0 Å². The summed E-state index contributed by atoms with van der Waals surface area (Å²) in [7, 11) is 0. The number of aromatic hydroxyl groups is 1. The first-order valence-electron chi connectivity index (χ1n) is 2.74. The lowest BCUT2D eigenvalue weighted by Gasteiger charge is -1.99. The van der Waals surface area contributed by atoms with Crippen molar-refractivity contribution in [3.8, 4) is 5.75 Å². The fourth-order valence-electron chi connectivity index (χ4n) is 0.599. The van der Waals surface area contributed by atoms with E-state index in [0.717, 1.165) is 6.20 Å². The van der Waals surface area contributed by atoms with Crippen LogP contribution in [0.15, 0.2) is 12.3 Å². The van der Waals surface area contributed by atoms with E-state index in [1.54, 1.807) is 0 Å². The second-order valence-electron chi connectivity index (χ2n) is 1.86. The van der Waals surface area contributed by atoms with E-state index in [0.29, 0.717) is 6.07 Å². The van der Waals surface area contributed by atoms with Crippen molar-refractivity contribution in [2.45, 2.75) is 6.43 Å². The molecule has 0 radical (unpaired) electrons. The molecule has 1 aromatic heterocycles. The maximum Gasteiger partial charge on any atom is 0.283 e. The van der Waals surface area contributed by atoms with E-state index in [2.05, 4.69) is 4.98 Å². The molecule has 2 nitrogen and oxygen atoms in total. The summed E-state index contributed by atoms with van der Waals surface area (Å²) in [6.45, 7) is 0. The van der Waals surface area contributed by atoms with Crippen molar-refractivity contribution in [2.75, 3.05) is 0 Å². The van der Waals surface area contributed by atoms with Crippen molar-refractivity contribution in [2.24, 2.45) is 0 Å². The van der Waals surface area contributed by atoms with Crippen molar-refractivity contribution >= 4 is 0 Å². The van der Waals surface area contributed by atoms with Crippen LogP contribution in [0.1, 0.15) is 12.1 Å². The number of alkyl halides is 2. The van der Waals surface area contributed by atoms with E-state index >= 15 is 0 Å². The van der Waals surface area contributed by atoms with Crippen molar-refractivity contribution in [1.82, 2.24) is 4.98 Å². The van der Waals surface area contributed by atoms with Gasteiger partial charge >= 0.3 is 0 Å². The highest BCUT2D eigenvalue weighted by molar-refractivity contribution is 5.20. The molecule has 11 heavy (non-hydrogen) atoms. The Kier molecular flexibility index (Phi) is 1.98. The van der Waals surface area contributed by atoms with Gasteiger partial charge in [-0.3, -0.25) is 0 Å². The first-order chi connectivity index (χ1) is 5.11. The van der Waals surface area contributed by atoms with Gasteiger partial charge in [-0.2, -0.15) is 0 Å². The Balaban J connectivity index is 3.09. The standard InChI is InChI=1S/C6H4F3NO/c7-4-1-3(11)2-10-5(4)6(8)9/h1-2,6,11H. The summed E-state index contributed by atoms with van der Waals surface area (Å²) in [5.74, 6) is -1.66. The zero-order chi connectivity index (χ0) is 8.43. The van der Waals surface area contributed by atoms with Crippen LogP contribution in [-0.2, 0) is 0 Å². The molecular formula is C6H4F3NO. The van der Waals surface area contributed by atoms with Gasteiger partial charge in [0, 0.05) is 6.07 Å². The van der Waals surface area contributed by atoms with E-state index in [9.17, 15) is 13.2 Å². The molecule has 5 heteroatoms. The van der Waals surface area contributed by atoms with Gasteiger partial charge in [0.25, 0.3) is 6.43 Å². The summed E-state index contributed by atoms with van der Waals surface area (Å²) < 4.78 is 35.9. The van der Waals surface area contributed by atoms with Crippen molar-refractivity contribution in [3.63, 3.8) is 0 Å². The van der Waals surface area contributed by atoms with Crippen LogP contribution in [0, 0.1) is 5.82 Å². The average molecular weight is 163 g/mol. The maximum absolute atomic E-state index is 12.4. The quantitative estimate of drug-likeness (QED) is 0.685. The number of pyridine rings is 1. The SMILES string of the molecule is Oc1cnc(C(F)F)c(F)c1. The number of aromatic nitrogens is 1. The Morgan fingerprint density at radius 3 is 2.55 bits per heavy atom. The summed E-state index contributed by atoms with van der Waals surface area (Å²) in [5, 5.41) is 8.57. The third-order valence-corrected chi connectivity index (χ3v) is 1.06. The van der Waals surface area contributed by atoms with Crippen LogP contribution < -0.4 is 0 Å². The molecule has 0 aliphatic heterocycles. The number of halogens is 3. The molecule has 0 amide bonds. The number of hydrogen-bond donors (Lipinski definition) is 1. The van der Waals surface area contributed by atoms with E-state index in [1.807, 2.05) is 0 Å². The topological polar surface area (TPSA) is 33.1 Å². The number of rotatable bonds is 1. The molecule has 0 fully saturated rings. The molecule has 1 N–H and O–H groups in total. The Morgan fingerprint density at radius 1 is 1.45 bits per heavy atom. The highest BCUT2D eigenvalue weighted by Crippen LogP contribution is 2.21. The summed E-state index contributed by atoms with van der Waals surface area (Å²) in [4.78, 5) is 3.00. The minimum atomic E-state index is -2.95.